The largest absolute Gasteiger partial charge is 0.338 e. The summed E-state index contributed by atoms with van der Waals surface area (Å²) in [6.45, 7) is 2.10. The van der Waals surface area contributed by atoms with Crippen molar-refractivity contribution in [1.29, 1.82) is 0 Å². The number of hydrogen-bond acceptors (Lipinski definition) is 4. The van der Waals surface area contributed by atoms with Crippen molar-refractivity contribution in [2.24, 2.45) is 0 Å². The Morgan fingerprint density at radius 3 is 2.88 bits per heavy atom. The molecule has 5 heteroatoms. The number of aromatic nitrogens is 2. The molecule has 0 radical (unpaired) electrons. The quantitative estimate of drug-likeness (QED) is 0.750. The van der Waals surface area contributed by atoms with E-state index in [9.17, 15) is 0 Å². The third-order valence-corrected chi connectivity index (χ3v) is 5.52. The number of nitrogens with zero attached hydrogens (tertiary/aromatic N) is 2. The van der Waals surface area contributed by atoms with Gasteiger partial charge in [-0.25, -0.2) is 0 Å². The maximum atomic E-state index is 5.24. The molecule has 1 aromatic rings. The van der Waals surface area contributed by atoms with Crippen molar-refractivity contribution in [3.05, 3.63) is 11.7 Å². The molecule has 1 aliphatic carbocycles. The molecule has 3 nitrogen and oxygen atoms in total. The molecule has 2 rings (SSSR count). The fraction of sp³-hybridized carbons (Fsp3) is 0.833. The summed E-state index contributed by atoms with van der Waals surface area (Å²) in [6, 6.07) is 0. The van der Waals surface area contributed by atoms with Crippen LogP contribution < -0.4 is 0 Å². The standard InChI is InChI=1S/C12H19BrN2OS/c1-2-10(13)12-14-11(15-16-12)8-17-9-6-4-3-5-7-9/h9-10H,2-8H2,1H3. The van der Waals surface area contributed by atoms with Crippen LogP contribution >= 0.6 is 27.7 Å². The lowest BCUT2D eigenvalue weighted by Crippen LogP contribution is -2.08. The van der Waals surface area contributed by atoms with E-state index in [1.165, 1.54) is 32.1 Å². The number of hydrogen-bond donors (Lipinski definition) is 0. The molecule has 1 saturated carbocycles. The van der Waals surface area contributed by atoms with E-state index in [0.29, 0.717) is 5.89 Å². The van der Waals surface area contributed by atoms with Gasteiger partial charge >= 0.3 is 0 Å². The maximum absolute atomic E-state index is 5.24. The van der Waals surface area contributed by atoms with Gasteiger partial charge in [-0.1, -0.05) is 47.3 Å². The van der Waals surface area contributed by atoms with E-state index in [1.807, 2.05) is 11.8 Å². The molecule has 1 unspecified atom stereocenters. The molecule has 1 heterocycles. The zero-order valence-corrected chi connectivity index (χ0v) is 12.6. The Bertz CT molecular complexity index is 339. The molecule has 0 aromatic carbocycles. The van der Waals surface area contributed by atoms with Crippen LogP contribution in [-0.4, -0.2) is 15.4 Å². The van der Waals surface area contributed by atoms with E-state index in [4.69, 9.17) is 4.52 Å². The fourth-order valence-corrected chi connectivity index (χ4v) is 3.41. The Balaban J connectivity index is 1.80. The van der Waals surface area contributed by atoms with E-state index in [2.05, 4.69) is 33.0 Å². The van der Waals surface area contributed by atoms with Crippen LogP contribution in [0.1, 0.15) is 62.0 Å². The molecular weight excluding hydrogens is 300 g/mol. The first kappa shape index (κ1) is 13.4. The predicted octanol–water partition coefficient (Wildman–Crippen LogP) is 4.48. The first-order chi connectivity index (χ1) is 8.29. The number of halogens is 1. The van der Waals surface area contributed by atoms with Gasteiger partial charge in [0.25, 0.3) is 0 Å². The smallest absolute Gasteiger partial charge is 0.240 e. The lowest BCUT2D eigenvalue weighted by molar-refractivity contribution is 0.372. The second kappa shape index (κ2) is 6.78. The molecule has 0 spiro atoms. The Kier molecular flexibility index (Phi) is 5.35. The molecule has 1 aliphatic rings. The highest BCUT2D eigenvalue weighted by Gasteiger charge is 2.17. The summed E-state index contributed by atoms with van der Waals surface area (Å²) in [7, 11) is 0. The Morgan fingerprint density at radius 1 is 1.41 bits per heavy atom. The van der Waals surface area contributed by atoms with Crippen LogP contribution in [0.4, 0.5) is 0 Å². The van der Waals surface area contributed by atoms with Gasteiger partial charge in [0.15, 0.2) is 5.82 Å². The van der Waals surface area contributed by atoms with E-state index >= 15 is 0 Å². The maximum Gasteiger partial charge on any atom is 0.240 e. The third-order valence-electron chi connectivity index (χ3n) is 3.11. The molecule has 0 amide bonds. The average Bonchev–Trinajstić information content (AvgIpc) is 2.85. The van der Waals surface area contributed by atoms with Crippen LogP contribution in [0.5, 0.6) is 0 Å². The summed E-state index contributed by atoms with van der Waals surface area (Å²) in [5, 5.41) is 4.84. The van der Waals surface area contributed by atoms with Gasteiger partial charge in [0, 0.05) is 5.25 Å². The average molecular weight is 319 g/mol. The number of thioether (sulfide) groups is 1. The first-order valence-corrected chi connectivity index (χ1v) is 8.34. The van der Waals surface area contributed by atoms with Gasteiger partial charge in [-0.2, -0.15) is 16.7 Å². The molecule has 1 aromatic heterocycles. The molecule has 1 atom stereocenters. The van der Waals surface area contributed by atoms with Crippen molar-refractivity contribution in [3.8, 4) is 0 Å². The minimum absolute atomic E-state index is 0.198. The second-order valence-corrected chi connectivity index (χ2v) is 6.89. The summed E-state index contributed by atoms with van der Waals surface area (Å²) in [5.74, 6) is 2.44. The van der Waals surface area contributed by atoms with E-state index < -0.39 is 0 Å². The monoisotopic (exact) mass is 318 g/mol. The molecule has 0 aliphatic heterocycles. The van der Waals surface area contributed by atoms with Crippen molar-refractivity contribution in [3.63, 3.8) is 0 Å². The van der Waals surface area contributed by atoms with Gasteiger partial charge in [0.05, 0.1) is 10.6 Å². The molecule has 96 valence electrons. The Hall–Kier alpha value is -0.0300. The highest BCUT2D eigenvalue weighted by atomic mass is 79.9. The van der Waals surface area contributed by atoms with Gasteiger partial charge < -0.3 is 4.52 Å². The van der Waals surface area contributed by atoms with Crippen molar-refractivity contribution >= 4 is 27.7 Å². The lowest BCUT2D eigenvalue weighted by atomic mass is 10.0. The van der Waals surface area contributed by atoms with Crippen molar-refractivity contribution in [1.82, 2.24) is 10.1 Å². The van der Waals surface area contributed by atoms with Crippen molar-refractivity contribution < 1.29 is 4.52 Å². The minimum atomic E-state index is 0.198. The van der Waals surface area contributed by atoms with Gasteiger partial charge in [-0.05, 0) is 19.3 Å². The zero-order chi connectivity index (χ0) is 12.1. The Morgan fingerprint density at radius 2 is 2.18 bits per heavy atom. The van der Waals surface area contributed by atoms with Gasteiger partial charge in [-0.3, -0.25) is 0 Å². The number of alkyl halides is 1. The highest BCUT2D eigenvalue weighted by Crippen LogP contribution is 2.30. The second-order valence-electron chi connectivity index (χ2n) is 4.50. The molecule has 1 fully saturated rings. The van der Waals surface area contributed by atoms with E-state index in [0.717, 1.165) is 23.2 Å². The van der Waals surface area contributed by atoms with E-state index in [1.54, 1.807) is 0 Å². The lowest BCUT2D eigenvalue weighted by Gasteiger charge is -2.19. The topological polar surface area (TPSA) is 38.9 Å². The molecule has 0 N–H and O–H groups in total. The van der Waals surface area contributed by atoms with Gasteiger partial charge in [0.1, 0.15) is 0 Å². The van der Waals surface area contributed by atoms with Crippen molar-refractivity contribution in [2.45, 2.75) is 61.3 Å². The van der Waals surface area contributed by atoms with Crippen LogP contribution in [0.3, 0.4) is 0 Å². The van der Waals surface area contributed by atoms with Crippen LogP contribution in [0.2, 0.25) is 0 Å². The molecular formula is C12H19BrN2OS. The predicted molar refractivity (Wildman–Crippen MR) is 74.4 cm³/mol. The summed E-state index contributed by atoms with van der Waals surface area (Å²) in [5.41, 5.74) is 0. The Labute approximate surface area is 115 Å². The summed E-state index contributed by atoms with van der Waals surface area (Å²) in [6.07, 6.45) is 7.85. The first-order valence-electron chi connectivity index (χ1n) is 6.37. The van der Waals surface area contributed by atoms with Gasteiger partial charge in [-0.15, -0.1) is 0 Å². The molecule has 0 saturated heterocycles. The van der Waals surface area contributed by atoms with Crippen LogP contribution in [-0.2, 0) is 5.75 Å². The van der Waals surface area contributed by atoms with Crippen LogP contribution in [0, 0.1) is 0 Å². The summed E-state index contributed by atoms with van der Waals surface area (Å²) < 4.78 is 5.24. The molecule has 17 heavy (non-hydrogen) atoms. The summed E-state index contributed by atoms with van der Waals surface area (Å²) >= 11 is 5.51. The molecule has 0 bridgehead atoms. The SMILES string of the molecule is CCC(Br)c1nc(CSC2CCCCC2)no1. The fourth-order valence-electron chi connectivity index (χ4n) is 2.05. The highest BCUT2D eigenvalue weighted by molar-refractivity contribution is 9.09. The van der Waals surface area contributed by atoms with Crippen LogP contribution in [0.25, 0.3) is 0 Å². The van der Waals surface area contributed by atoms with Crippen molar-refractivity contribution in [2.75, 3.05) is 0 Å². The zero-order valence-electron chi connectivity index (χ0n) is 10.2. The summed E-state index contributed by atoms with van der Waals surface area (Å²) in [4.78, 5) is 4.62. The number of rotatable bonds is 5. The minimum Gasteiger partial charge on any atom is -0.338 e. The van der Waals surface area contributed by atoms with Crippen LogP contribution in [0.15, 0.2) is 4.52 Å². The van der Waals surface area contributed by atoms with Gasteiger partial charge in [0.2, 0.25) is 5.89 Å². The normalized spacial score (nSPS) is 19.4. The van der Waals surface area contributed by atoms with E-state index in [-0.39, 0.29) is 4.83 Å². The third kappa shape index (κ3) is 3.98.